The maximum atomic E-state index is 12.8. The van der Waals surface area contributed by atoms with Gasteiger partial charge < -0.3 is 24.1 Å². The zero-order valence-corrected chi connectivity index (χ0v) is 17.4. The maximum Gasteiger partial charge on any atom is 0.253 e. The molecule has 1 amide bonds. The fraction of sp³-hybridized carbons (Fsp3) is 0.409. The van der Waals surface area contributed by atoms with Crippen LogP contribution in [0.1, 0.15) is 36.0 Å². The van der Waals surface area contributed by atoms with Gasteiger partial charge in [0.25, 0.3) is 5.91 Å². The number of para-hydroxylation sites is 1. The Kier molecular flexibility index (Phi) is 5.74. The predicted octanol–water partition coefficient (Wildman–Crippen LogP) is 3.11. The van der Waals surface area contributed by atoms with E-state index in [1.54, 1.807) is 32.8 Å². The molecule has 0 aliphatic heterocycles. The summed E-state index contributed by atoms with van der Waals surface area (Å²) in [6.45, 7) is 0. The minimum Gasteiger partial charge on any atom is -0.493 e. The maximum absolute atomic E-state index is 12.8. The van der Waals surface area contributed by atoms with Crippen molar-refractivity contribution in [2.45, 2.75) is 37.8 Å². The summed E-state index contributed by atoms with van der Waals surface area (Å²) in [6, 6.07) is 7.44. The van der Waals surface area contributed by atoms with Crippen LogP contribution in [0.2, 0.25) is 0 Å². The number of benzene rings is 1. The van der Waals surface area contributed by atoms with E-state index in [0.29, 0.717) is 34.0 Å². The van der Waals surface area contributed by atoms with Crippen LogP contribution in [0, 0.1) is 0 Å². The highest BCUT2D eigenvalue weighted by atomic mass is 16.5. The summed E-state index contributed by atoms with van der Waals surface area (Å²) >= 11 is 0. The summed E-state index contributed by atoms with van der Waals surface area (Å²) in [5, 5.41) is 3.15. The monoisotopic (exact) mass is 410 g/mol. The molecule has 1 N–H and O–H groups in total. The third-order valence-electron chi connectivity index (χ3n) is 5.51. The number of imidazole rings is 1. The van der Waals surface area contributed by atoms with Gasteiger partial charge in [0.2, 0.25) is 5.75 Å². The summed E-state index contributed by atoms with van der Waals surface area (Å²) in [5.74, 6) is 1.82. The molecule has 1 saturated carbocycles. The lowest BCUT2D eigenvalue weighted by molar-refractivity contribution is 0.0892. The molecule has 0 saturated heterocycles. The highest BCUT2D eigenvalue weighted by Crippen LogP contribution is 2.38. The first-order valence-corrected chi connectivity index (χ1v) is 10.0. The van der Waals surface area contributed by atoms with Crippen LogP contribution in [-0.2, 0) is 7.05 Å². The van der Waals surface area contributed by atoms with Crippen LogP contribution in [0.3, 0.4) is 0 Å². The number of carbonyl (C=O) groups excluding carboxylic acids is 1. The van der Waals surface area contributed by atoms with Gasteiger partial charge in [-0.05, 0) is 43.9 Å². The molecule has 0 spiro atoms. The third-order valence-corrected chi connectivity index (χ3v) is 5.51. The lowest BCUT2D eigenvalue weighted by Crippen LogP contribution is -2.39. The molecule has 1 aliphatic carbocycles. The summed E-state index contributed by atoms with van der Waals surface area (Å²) < 4.78 is 18.8. The number of nitrogens with one attached hydrogen (secondary N) is 1. The molecule has 1 aliphatic rings. The van der Waals surface area contributed by atoms with Gasteiger partial charge in [-0.1, -0.05) is 6.07 Å². The zero-order chi connectivity index (χ0) is 21.1. The minimum absolute atomic E-state index is 0.0718. The second kappa shape index (κ2) is 8.61. The molecule has 1 aromatic carbocycles. The molecule has 0 atom stereocenters. The smallest absolute Gasteiger partial charge is 0.253 e. The Morgan fingerprint density at radius 2 is 1.83 bits per heavy atom. The van der Waals surface area contributed by atoms with Crippen molar-refractivity contribution in [3.8, 4) is 17.2 Å². The van der Waals surface area contributed by atoms with Gasteiger partial charge in [-0.3, -0.25) is 4.79 Å². The quantitative estimate of drug-likeness (QED) is 0.672. The van der Waals surface area contributed by atoms with Crippen molar-refractivity contribution < 1.29 is 19.0 Å². The van der Waals surface area contributed by atoms with Crippen LogP contribution >= 0.6 is 0 Å². The van der Waals surface area contributed by atoms with Gasteiger partial charge >= 0.3 is 0 Å². The molecule has 8 nitrogen and oxygen atoms in total. The molecule has 30 heavy (non-hydrogen) atoms. The van der Waals surface area contributed by atoms with Crippen LogP contribution in [0.15, 0.2) is 36.8 Å². The number of amides is 1. The van der Waals surface area contributed by atoms with E-state index in [2.05, 4.69) is 15.3 Å². The van der Waals surface area contributed by atoms with E-state index in [-0.39, 0.29) is 18.1 Å². The molecule has 2 heterocycles. The number of ether oxygens (including phenoxy) is 3. The summed E-state index contributed by atoms with van der Waals surface area (Å²) in [6.07, 6.45) is 6.77. The number of fused-ring (bicyclic) bond motifs is 1. The zero-order valence-electron chi connectivity index (χ0n) is 17.4. The molecule has 1 fully saturated rings. The second-order valence-electron chi connectivity index (χ2n) is 7.44. The Hall–Kier alpha value is -3.29. The van der Waals surface area contributed by atoms with E-state index in [1.807, 2.05) is 29.8 Å². The highest BCUT2D eigenvalue weighted by molar-refractivity contribution is 6.04. The second-order valence-corrected chi connectivity index (χ2v) is 7.44. The van der Waals surface area contributed by atoms with Crippen LogP contribution in [0.5, 0.6) is 17.2 Å². The molecule has 3 aromatic rings. The van der Waals surface area contributed by atoms with Gasteiger partial charge in [-0.25, -0.2) is 9.97 Å². The Balaban J connectivity index is 1.36. The topological polar surface area (TPSA) is 87.5 Å². The first-order valence-electron chi connectivity index (χ1n) is 10.0. The first kappa shape index (κ1) is 20.0. The third kappa shape index (κ3) is 3.90. The SMILES string of the molecule is COc1cccc(OC2CCC(NC(=O)c3ccnc4c3ncn4C)CC2)c1OC. The van der Waals surface area contributed by atoms with E-state index in [4.69, 9.17) is 14.2 Å². The number of hydrogen-bond donors (Lipinski definition) is 1. The van der Waals surface area contributed by atoms with Crippen LogP contribution in [0.4, 0.5) is 0 Å². The number of pyridine rings is 1. The van der Waals surface area contributed by atoms with Gasteiger partial charge in [-0.2, -0.15) is 0 Å². The van der Waals surface area contributed by atoms with Gasteiger partial charge in [0.15, 0.2) is 17.1 Å². The number of hydrogen-bond acceptors (Lipinski definition) is 6. The summed E-state index contributed by atoms with van der Waals surface area (Å²) in [5.41, 5.74) is 1.88. The lowest BCUT2D eigenvalue weighted by atomic mass is 9.92. The van der Waals surface area contributed by atoms with Crippen molar-refractivity contribution in [1.29, 1.82) is 0 Å². The fourth-order valence-corrected chi connectivity index (χ4v) is 3.93. The summed E-state index contributed by atoms with van der Waals surface area (Å²) in [4.78, 5) is 21.4. The van der Waals surface area contributed by atoms with Crippen LogP contribution in [-0.4, -0.2) is 46.8 Å². The molecule has 0 radical (unpaired) electrons. The highest BCUT2D eigenvalue weighted by Gasteiger charge is 2.26. The average molecular weight is 410 g/mol. The molecule has 0 bridgehead atoms. The number of methoxy groups -OCH3 is 2. The van der Waals surface area contributed by atoms with Gasteiger partial charge in [0.1, 0.15) is 5.52 Å². The largest absolute Gasteiger partial charge is 0.493 e. The molecule has 4 rings (SSSR count). The van der Waals surface area contributed by atoms with E-state index in [1.165, 1.54) is 0 Å². The molecule has 158 valence electrons. The van der Waals surface area contributed by atoms with Crippen molar-refractivity contribution in [3.63, 3.8) is 0 Å². The van der Waals surface area contributed by atoms with Gasteiger partial charge in [0.05, 0.1) is 32.2 Å². The number of rotatable bonds is 6. The van der Waals surface area contributed by atoms with Crippen molar-refractivity contribution >= 4 is 17.1 Å². The number of carbonyl (C=O) groups is 1. The summed E-state index contributed by atoms with van der Waals surface area (Å²) in [7, 11) is 5.08. The van der Waals surface area contributed by atoms with Crippen molar-refractivity contribution in [2.24, 2.45) is 7.05 Å². The molecular weight excluding hydrogens is 384 g/mol. The predicted molar refractivity (Wildman–Crippen MR) is 112 cm³/mol. The Labute approximate surface area is 175 Å². The Bertz CT molecular complexity index is 1040. The molecule has 0 unspecified atom stereocenters. The average Bonchev–Trinajstić information content (AvgIpc) is 3.15. The van der Waals surface area contributed by atoms with Crippen molar-refractivity contribution in [3.05, 3.63) is 42.4 Å². The first-order chi connectivity index (χ1) is 14.6. The van der Waals surface area contributed by atoms with E-state index >= 15 is 0 Å². The molecule has 2 aromatic heterocycles. The van der Waals surface area contributed by atoms with Crippen molar-refractivity contribution in [2.75, 3.05) is 14.2 Å². The van der Waals surface area contributed by atoms with Crippen molar-refractivity contribution in [1.82, 2.24) is 19.9 Å². The minimum atomic E-state index is -0.111. The van der Waals surface area contributed by atoms with E-state index in [0.717, 1.165) is 25.7 Å². The fourth-order valence-electron chi connectivity index (χ4n) is 3.93. The molecular formula is C22H26N4O4. The van der Waals surface area contributed by atoms with Gasteiger partial charge in [-0.15, -0.1) is 0 Å². The van der Waals surface area contributed by atoms with Crippen LogP contribution in [0.25, 0.3) is 11.2 Å². The van der Waals surface area contributed by atoms with Gasteiger partial charge in [0, 0.05) is 19.3 Å². The number of aryl methyl sites for hydroxylation is 1. The number of aromatic nitrogens is 3. The van der Waals surface area contributed by atoms with E-state index < -0.39 is 0 Å². The van der Waals surface area contributed by atoms with E-state index in [9.17, 15) is 4.79 Å². The lowest BCUT2D eigenvalue weighted by Gasteiger charge is -2.30. The normalized spacial score (nSPS) is 18.8. The standard InChI is InChI=1S/C22H26N4O4/c1-26-13-24-19-16(11-12-23-21(19)26)22(27)25-14-7-9-15(10-8-14)30-18-6-4-5-17(28-2)20(18)29-3/h4-6,11-15H,7-10H2,1-3H3,(H,25,27). The molecule has 8 heteroatoms. The Morgan fingerprint density at radius 1 is 1.07 bits per heavy atom. The van der Waals surface area contributed by atoms with Crippen LogP contribution < -0.4 is 19.5 Å². The Morgan fingerprint density at radius 3 is 2.57 bits per heavy atom. The number of nitrogens with zero attached hydrogens (tertiary/aromatic N) is 3.